The number of halogens is 1. The van der Waals surface area contributed by atoms with Crippen LogP contribution in [-0.2, 0) is 11.3 Å². The van der Waals surface area contributed by atoms with Crippen molar-refractivity contribution in [2.24, 2.45) is 11.7 Å². The number of carboxylic acids is 1. The maximum Gasteiger partial charge on any atom is 0.323 e. The molecule has 0 saturated heterocycles. The quantitative estimate of drug-likeness (QED) is 0.425. The highest BCUT2D eigenvalue weighted by Gasteiger charge is 2.47. The fourth-order valence-electron chi connectivity index (χ4n) is 4.08. The zero-order chi connectivity index (χ0) is 20.9. The number of carboxylic acid groups (broad SMARTS) is 1. The van der Waals surface area contributed by atoms with Crippen molar-refractivity contribution in [3.05, 3.63) is 59.9 Å². The second-order valence-corrected chi connectivity index (χ2v) is 8.25. The first-order valence-electron chi connectivity index (χ1n) is 10.5. The van der Waals surface area contributed by atoms with Gasteiger partial charge in [-0.25, -0.2) is 4.39 Å². The van der Waals surface area contributed by atoms with Crippen LogP contribution in [0.4, 0.5) is 4.39 Å². The van der Waals surface area contributed by atoms with Crippen LogP contribution < -0.4 is 11.1 Å². The summed E-state index contributed by atoms with van der Waals surface area (Å²) in [6.07, 6.45) is 5.12. The summed E-state index contributed by atoms with van der Waals surface area (Å²) >= 11 is 0. The highest BCUT2D eigenvalue weighted by molar-refractivity contribution is 6.08. The van der Waals surface area contributed by atoms with Gasteiger partial charge in [0.1, 0.15) is 19.2 Å². The molecule has 0 bridgehead atoms. The van der Waals surface area contributed by atoms with Gasteiger partial charge in [0.25, 0.3) is 0 Å². The average molecular weight is 396 g/mol. The summed E-state index contributed by atoms with van der Waals surface area (Å²) in [4.78, 5) is 11.7. The maximum absolute atomic E-state index is 13.1. The van der Waals surface area contributed by atoms with Gasteiger partial charge in [0.05, 0.1) is 0 Å². The molecule has 1 saturated carbocycles. The van der Waals surface area contributed by atoms with E-state index in [1.165, 1.54) is 17.7 Å². The summed E-state index contributed by atoms with van der Waals surface area (Å²) in [5.41, 5.74) is 8.40. The second-order valence-electron chi connectivity index (χ2n) is 8.25. The van der Waals surface area contributed by atoms with Crippen LogP contribution >= 0.6 is 0 Å². The molecule has 0 radical (unpaired) electrons. The topological polar surface area (TPSA) is 75.4 Å². The molecule has 0 amide bonds. The van der Waals surface area contributed by atoms with Crippen molar-refractivity contribution in [3.8, 4) is 11.1 Å². The second kappa shape index (κ2) is 9.55. The van der Waals surface area contributed by atoms with Gasteiger partial charge in [0, 0.05) is 12.6 Å². The Morgan fingerprint density at radius 3 is 2.24 bits per heavy atom. The Morgan fingerprint density at radius 2 is 1.69 bits per heavy atom. The van der Waals surface area contributed by atoms with E-state index in [0.717, 1.165) is 49.7 Å². The van der Waals surface area contributed by atoms with E-state index in [2.05, 4.69) is 25.3 Å². The molecule has 0 aliphatic heterocycles. The lowest BCUT2D eigenvalue weighted by Gasteiger charge is -2.45. The van der Waals surface area contributed by atoms with Gasteiger partial charge in [-0.05, 0) is 54.0 Å². The molecule has 4 N–H and O–H groups in total. The van der Waals surface area contributed by atoms with Crippen molar-refractivity contribution in [2.75, 3.05) is 0 Å². The molecule has 0 heterocycles. The summed E-state index contributed by atoms with van der Waals surface area (Å²) < 4.78 is 13.1. The molecule has 154 valence electrons. The van der Waals surface area contributed by atoms with E-state index in [0.29, 0.717) is 12.5 Å². The highest BCUT2D eigenvalue weighted by Crippen LogP contribution is 2.38. The zero-order valence-corrected chi connectivity index (χ0v) is 17.0. The highest BCUT2D eigenvalue weighted by atomic mass is 19.1. The number of hydrogen-bond acceptors (Lipinski definition) is 3. The molecule has 3 rings (SSSR count). The van der Waals surface area contributed by atoms with Crippen LogP contribution in [0.1, 0.15) is 37.7 Å². The SMILES string of the molecule is BCCCCC(N)(C(=O)O)[C@H]1C[C@@H](NCc2ccc(-c3ccc(F)cc3)cc2)C1. The van der Waals surface area contributed by atoms with Crippen LogP contribution in [0.3, 0.4) is 0 Å². The average Bonchev–Trinajstić information content (AvgIpc) is 2.68. The first-order chi connectivity index (χ1) is 13.9. The zero-order valence-electron chi connectivity index (χ0n) is 17.0. The predicted octanol–water partition coefficient (Wildman–Crippen LogP) is 3.36. The Balaban J connectivity index is 1.48. The number of aliphatic carboxylic acids is 1. The third kappa shape index (κ3) is 5.25. The Bertz CT molecular complexity index is 807. The summed E-state index contributed by atoms with van der Waals surface area (Å²) in [6.45, 7) is 0.738. The predicted molar refractivity (Wildman–Crippen MR) is 117 cm³/mol. The summed E-state index contributed by atoms with van der Waals surface area (Å²) in [7, 11) is 2.11. The first kappa shape index (κ1) is 21.5. The minimum absolute atomic E-state index is 0.0372. The van der Waals surface area contributed by atoms with Crippen LogP contribution in [0.5, 0.6) is 0 Å². The molecule has 0 spiro atoms. The van der Waals surface area contributed by atoms with Crippen LogP contribution in [-0.4, -0.2) is 30.5 Å². The molecule has 2 aromatic carbocycles. The molecular formula is C23H30BFN2O2. The summed E-state index contributed by atoms with van der Waals surface area (Å²) in [6, 6.07) is 15.0. The molecule has 6 heteroatoms. The number of nitrogens with two attached hydrogens (primary N) is 1. The molecule has 1 fully saturated rings. The number of carbonyl (C=O) groups is 1. The molecule has 1 aliphatic carbocycles. The van der Waals surface area contributed by atoms with E-state index in [9.17, 15) is 14.3 Å². The van der Waals surface area contributed by atoms with Gasteiger partial charge < -0.3 is 16.2 Å². The molecule has 4 nitrogen and oxygen atoms in total. The third-order valence-corrected chi connectivity index (χ3v) is 6.19. The van der Waals surface area contributed by atoms with Gasteiger partial charge >= 0.3 is 5.97 Å². The number of unbranched alkanes of at least 4 members (excludes halogenated alkanes) is 1. The van der Waals surface area contributed by atoms with Crippen molar-refractivity contribution in [2.45, 2.75) is 56.5 Å². The van der Waals surface area contributed by atoms with E-state index < -0.39 is 11.5 Å². The lowest BCUT2D eigenvalue weighted by molar-refractivity contribution is -0.148. The van der Waals surface area contributed by atoms with Gasteiger partial charge in [0.15, 0.2) is 0 Å². The fraction of sp³-hybridized carbons (Fsp3) is 0.435. The van der Waals surface area contributed by atoms with Crippen LogP contribution in [0, 0.1) is 11.7 Å². The van der Waals surface area contributed by atoms with E-state index >= 15 is 0 Å². The molecular weight excluding hydrogens is 366 g/mol. The Morgan fingerprint density at radius 1 is 1.10 bits per heavy atom. The summed E-state index contributed by atoms with van der Waals surface area (Å²) in [5, 5.41) is 13.1. The van der Waals surface area contributed by atoms with Crippen molar-refractivity contribution in [3.63, 3.8) is 0 Å². The van der Waals surface area contributed by atoms with E-state index in [-0.39, 0.29) is 11.7 Å². The van der Waals surface area contributed by atoms with Gasteiger partial charge in [-0.3, -0.25) is 4.79 Å². The number of hydrogen-bond donors (Lipinski definition) is 3. The Hall–Kier alpha value is -2.18. The summed E-state index contributed by atoms with van der Waals surface area (Å²) in [5.74, 6) is -1.06. The molecule has 1 aliphatic rings. The van der Waals surface area contributed by atoms with Crippen LogP contribution in [0.2, 0.25) is 6.32 Å². The third-order valence-electron chi connectivity index (χ3n) is 6.19. The Kier molecular flexibility index (Phi) is 7.09. The molecule has 1 atom stereocenters. The standard InChI is InChI=1S/C23H30BFN2O2/c24-12-2-1-11-23(26,22(28)29)19-13-21(14-19)27-15-16-3-5-17(6-4-16)18-7-9-20(25)10-8-18/h3-10,19,21,27H,1-2,11-15,24,26H2,(H,28,29)/t19-,21+,23?. The normalized spacial score (nSPS) is 20.6. The first-order valence-corrected chi connectivity index (χ1v) is 10.5. The van der Waals surface area contributed by atoms with Crippen molar-refractivity contribution < 1.29 is 14.3 Å². The monoisotopic (exact) mass is 396 g/mol. The molecule has 29 heavy (non-hydrogen) atoms. The van der Waals surface area contributed by atoms with Crippen molar-refractivity contribution in [1.82, 2.24) is 5.32 Å². The number of nitrogens with one attached hydrogen (secondary N) is 1. The number of benzene rings is 2. The van der Waals surface area contributed by atoms with E-state index in [4.69, 9.17) is 5.73 Å². The largest absolute Gasteiger partial charge is 0.480 e. The Labute approximate surface area is 173 Å². The van der Waals surface area contributed by atoms with Crippen LogP contribution in [0.15, 0.2) is 48.5 Å². The van der Waals surface area contributed by atoms with Gasteiger partial charge in [-0.15, -0.1) is 0 Å². The lowest BCUT2D eigenvalue weighted by Crippen LogP contribution is -2.60. The lowest BCUT2D eigenvalue weighted by atomic mass is 9.66. The maximum atomic E-state index is 13.1. The minimum Gasteiger partial charge on any atom is -0.480 e. The smallest absolute Gasteiger partial charge is 0.323 e. The fourth-order valence-corrected chi connectivity index (χ4v) is 4.08. The van der Waals surface area contributed by atoms with Gasteiger partial charge in [-0.2, -0.15) is 0 Å². The van der Waals surface area contributed by atoms with Gasteiger partial charge in [0.2, 0.25) is 0 Å². The van der Waals surface area contributed by atoms with Gasteiger partial charge in [-0.1, -0.05) is 55.6 Å². The van der Waals surface area contributed by atoms with E-state index in [1.807, 2.05) is 12.1 Å². The minimum atomic E-state index is -1.09. The number of rotatable bonds is 10. The van der Waals surface area contributed by atoms with Crippen molar-refractivity contribution in [1.29, 1.82) is 0 Å². The van der Waals surface area contributed by atoms with Crippen molar-refractivity contribution >= 4 is 13.8 Å². The van der Waals surface area contributed by atoms with Crippen LogP contribution in [0.25, 0.3) is 11.1 Å². The molecule has 1 unspecified atom stereocenters. The molecule has 0 aromatic heterocycles. The molecule has 2 aromatic rings. The van der Waals surface area contributed by atoms with E-state index in [1.54, 1.807) is 12.1 Å².